The van der Waals surface area contributed by atoms with E-state index in [9.17, 15) is 15.3 Å². The smallest absolute Gasteiger partial charge is 0.284 e. The molecule has 13 heavy (non-hydrogen) atoms. The van der Waals surface area contributed by atoms with Gasteiger partial charge in [-0.2, -0.15) is 4.73 Å². The molecule has 1 heterocycles. The van der Waals surface area contributed by atoms with Crippen molar-refractivity contribution in [3.8, 4) is 0 Å². The molecule has 68 valence electrons. The number of nitro groups is 1. The average Bonchev–Trinajstić information content (AvgIpc) is 2.53. The molecule has 0 atom stereocenters. The fourth-order valence-corrected chi connectivity index (χ4v) is 1.75. The molecule has 0 N–H and O–H groups in total. The molecule has 0 radical (unpaired) electrons. The minimum atomic E-state index is -0.426. The van der Waals surface area contributed by atoms with Crippen LogP contribution in [0.15, 0.2) is 12.3 Å². The Kier molecular flexibility index (Phi) is 1.65. The van der Waals surface area contributed by atoms with Gasteiger partial charge in [0, 0.05) is 6.42 Å². The third-order valence-electron chi connectivity index (χ3n) is 2.33. The summed E-state index contributed by atoms with van der Waals surface area (Å²) in [5.74, 6) is 0. The van der Waals surface area contributed by atoms with Crippen LogP contribution >= 0.6 is 0 Å². The van der Waals surface area contributed by atoms with Crippen LogP contribution in [0.3, 0.4) is 0 Å². The molecule has 0 fully saturated rings. The van der Waals surface area contributed by atoms with Gasteiger partial charge >= 0.3 is 0 Å². The summed E-state index contributed by atoms with van der Waals surface area (Å²) in [5, 5.41) is 21.7. The Morgan fingerprint density at radius 3 is 2.92 bits per heavy atom. The monoisotopic (exact) mass is 180 g/mol. The van der Waals surface area contributed by atoms with Gasteiger partial charge in [0.05, 0.1) is 16.6 Å². The second-order valence-corrected chi connectivity index (χ2v) is 3.06. The molecule has 0 bridgehead atoms. The highest BCUT2D eigenvalue weighted by Crippen LogP contribution is 2.27. The summed E-state index contributed by atoms with van der Waals surface area (Å²) in [5.41, 5.74) is 1.26. The highest BCUT2D eigenvalue weighted by molar-refractivity contribution is 5.42. The van der Waals surface area contributed by atoms with Crippen molar-refractivity contribution in [1.29, 1.82) is 0 Å². The van der Waals surface area contributed by atoms with Crippen LogP contribution in [0.25, 0.3) is 0 Å². The number of fused-ring (bicyclic) bond motifs is 1. The maximum absolute atomic E-state index is 11.2. The fourth-order valence-electron chi connectivity index (χ4n) is 1.75. The number of rotatable bonds is 1. The topological polar surface area (TPSA) is 70.1 Å². The number of nitrogens with zero attached hydrogens (tertiary/aromatic N) is 2. The van der Waals surface area contributed by atoms with Crippen LogP contribution in [0.5, 0.6) is 0 Å². The van der Waals surface area contributed by atoms with Gasteiger partial charge in [-0.3, -0.25) is 10.1 Å². The maximum atomic E-state index is 11.2. The Balaban J connectivity index is 2.62. The van der Waals surface area contributed by atoms with Crippen molar-refractivity contribution in [3.05, 3.63) is 38.8 Å². The number of aromatic nitrogens is 1. The zero-order valence-corrected chi connectivity index (χ0v) is 6.90. The van der Waals surface area contributed by atoms with Crippen molar-refractivity contribution in [2.75, 3.05) is 0 Å². The van der Waals surface area contributed by atoms with Crippen LogP contribution in [0.4, 0.5) is 5.69 Å². The molecule has 0 unspecified atom stereocenters. The number of pyridine rings is 1. The van der Waals surface area contributed by atoms with Crippen molar-refractivity contribution in [2.45, 2.75) is 19.3 Å². The predicted octanol–water partition coefficient (Wildman–Crippen LogP) is 0.717. The molecule has 0 spiro atoms. The normalized spacial score (nSPS) is 14.2. The molecule has 1 aliphatic rings. The van der Waals surface area contributed by atoms with E-state index in [0.29, 0.717) is 24.1 Å². The summed E-state index contributed by atoms with van der Waals surface area (Å²) in [6.07, 6.45) is 3.35. The van der Waals surface area contributed by atoms with Gasteiger partial charge in [-0.1, -0.05) is 0 Å². The highest BCUT2D eigenvalue weighted by Gasteiger charge is 2.28. The van der Waals surface area contributed by atoms with E-state index in [1.807, 2.05) is 0 Å². The molecule has 5 heteroatoms. The molecule has 0 saturated carbocycles. The standard InChI is InChI=1S/C8H8N2O3/c11-9-5-4-8(10(12)13)6-2-1-3-7(6)9/h4-5H,1-3H2. The van der Waals surface area contributed by atoms with E-state index in [4.69, 9.17) is 0 Å². The van der Waals surface area contributed by atoms with Crippen LogP contribution < -0.4 is 4.73 Å². The summed E-state index contributed by atoms with van der Waals surface area (Å²) in [6.45, 7) is 0. The lowest BCUT2D eigenvalue weighted by atomic mass is 10.2. The number of hydrogen-bond donors (Lipinski definition) is 0. The van der Waals surface area contributed by atoms with Gasteiger partial charge in [-0.15, -0.1) is 0 Å². The highest BCUT2D eigenvalue weighted by atomic mass is 16.6. The van der Waals surface area contributed by atoms with Gasteiger partial charge < -0.3 is 5.21 Å². The zero-order valence-electron chi connectivity index (χ0n) is 6.90. The first kappa shape index (κ1) is 7.97. The first-order chi connectivity index (χ1) is 6.20. The molecular formula is C8H8N2O3. The summed E-state index contributed by atoms with van der Waals surface area (Å²) < 4.78 is 0.731. The largest absolute Gasteiger partial charge is 0.618 e. The molecule has 1 aliphatic carbocycles. The molecule has 2 rings (SSSR count). The van der Waals surface area contributed by atoms with Crippen molar-refractivity contribution < 1.29 is 9.65 Å². The van der Waals surface area contributed by atoms with Gasteiger partial charge in [0.1, 0.15) is 0 Å². The second-order valence-electron chi connectivity index (χ2n) is 3.06. The van der Waals surface area contributed by atoms with Crippen molar-refractivity contribution in [1.82, 2.24) is 0 Å². The predicted molar refractivity (Wildman–Crippen MR) is 44.1 cm³/mol. The summed E-state index contributed by atoms with van der Waals surface area (Å²) in [6, 6.07) is 1.27. The quantitative estimate of drug-likeness (QED) is 0.276. The van der Waals surface area contributed by atoms with Crippen LogP contribution in [0, 0.1) is 15.3 Å². The van der Waals surface area contributed by atoms with Crippen LogP contribution in [0.1, 0.15) is 17.7 Å². The molecule has 1 aromatic heterocycles. The van der Waals surface area contributed by atoms with E-state index in [1.54, 1.807) is 0 Å². The molecule has 0 amide bonds. The number of hydrogen-bond acceptors (Lipinski definition) is 3. The third-order valence-corrected chi connectivity index (χ3v) is 2.33. The van der Waals surface area contributed by atoms with Gasteiger partial charge in [-0.25, -0.2) is 0 Å². The van der Waals surface area contributed by atoms with Crippen LogP contribution in [0.2, 0.25) is 0 Å². The van der Waals surface area contributed by atoms with Crippen molar-refractivity contribution in [3.63, 3.8) is 0 Å². The molecule has 0 aromatic carbocycles. The molecule has 5 nitrogen and oxygen atoms in total. The third kappa shape index (κ3) is 1.12. The van der Waals surface area contributed by atoms with E-state index in [1.165, 1.54) is 12.3 Å². The van der Waals surface area contributed by atoms with Crippen molar-refractivity contribution in [2.24, 2.45) is 0 Å². The van der Waals surface area contributed by atoms with Gasteiger partial charge in [0.2, 0.25) is 5.69 Å². The van der Waals surface area contributed by atoms with Crippen molar-refractivity contribution >= 4 is 5.69 Å². The summed E-state index contributed by atoms with van der Waals surface area (Å²) in [4.78, 5) is 10.1. The van der Waals surface area contributed by atoms with E-state index in [2.05, 4.69) is 0 Å². The molecule has 0 saturated heterocycles. The Morgan fingerprint density at radius 1 is 1.46 bits per heavy atom. The Morgan fingerprint density at radius 2 is 2.23 bits per heavy atom. The molecule has 1 aromatic rings. The average molecular weight is 180 g/mol. The SMILES string of the molecule is O=[N+]([O-])c1cc[n+]([O-])c2c1CCC2. The van der Waals surface area contributed by atoms with Gasteiger partial charge in [0.25, 0.3) is 5.69 Å². The van der Waals surface area contributed by atoms with E-state index in [0.717, 1.165) is 11.2 Å². The fraction of sp³-hybridized carbons (Fsp3) is 0.375. The Bertz CT molecular complexity index is 376. The van der Waals surface area contributed by atoms with E-state index in [-0.39, 0.29) is 5.69 Å². The van der Waals surface area contributed by atoms with E-state index >= 15 is 0 Å². The Labute approximate surface area is 74.4 Å². The first-order valence-electron chi connectivity index (χ1n) is 4.08. The molecule has 0 aliphatic heterocycles. The lowest BCUT2D eigenvalue weighted by Gasteiger charge is -2.02. The van der Waals surface area contributed by atoms with Crippen LogP contribution in [-0.2, 0) is 12.8 Å². The maximum Gasteiger partial charge on any atom is 0.284 e. The molecular weight excluding hydrogens is 172 g/mol. The first-order valence-corrected chi connectivity index (χ1v) is 4.08. The Hall–Kier alpha value is -1.65. The lowest BCUT2D eigenvalue weighted by molar-refractivity contribution is -0.614. The second kappa shape index (κ2) is 2.69. The summed E-state index contributed by atoms with van der Waals surface area (Å²) in [7, 11) is 0. The minimum Gasteiger partial charge on any atom is -0.618 e. The van der Waals surface area contributed by atoms with E-state index < -0.39 is 4.92 Å². The zero-order chi connectivity index (χ0) is 9.42. The van der Waals surface area contributed by atoms with Crippen LogP contribution in [-0.4, -0.2) is 4.92 Å². The lowest BCUT2D eigenvalue weighted by Crippen LogP contribution is -2.31. The summed E-state index contributed by atoms with van der Waals surface area (Å²) >= 11 is 0. The van der Waals surface area contributed by atoms with Gasteiger partial charge in [0.15, 0.2) is 6.20 Å². The van der Waals surface area contributed by atoms with Gasteiger partial charge in [-0.05, 0) is 12.8 Å². The minimum absolute atomic E-state index is 0.0830.